The van der Waals surface area contributed by atoms with Gasteiger partial charge in [-0.05, 0) is 43.3 Å². The average Bonchev–Trinajstić information content (AvgIpc) is 3.21. The van der Waals surface area contributed by atoms with E-state index in [1.54, 1.807) is 37.3 Å². The Labute approximate surface area is 195 Å². The summed E-state index contributed by atoms with van der Waals surface area (Å²) < 4.78 is 13.7. The van der Waals surface area contributed by atoms with E-state index in [0.717, 1.165) is 0 Å². The minimum absolute atomic E-state index is 0.215. The van der Waals surface area contributed by atoms with E-state index in [9.17, 15) is 9.59 Å². The van der Waals surface area contributed by atoms with E-state index in [1.165, 1.54) is 11.8 Å². The first kappa shape index (κ1) is 22.4. The molecule has 170 valence electrons. The zero-order valence-corrected chi connectivity index (χ0v) is 18.7. The highest BCUT2D eigenvalue weighted by Crippen LogP contribution is 2.36. The van der Waals surface area contributed by atoms with Crippen molar-refractivity contribution in [3.63, 3.8) is 0 Å². The predicted molar refractivity (Wildman–Crippen MR) is 124 cm³/mol. The van der Waals surface area contributed by atoms with Crippen molar-refractivity contribution >= 4 is 29.3 Å². The van der Waals surface area contributed by atoms with E-state index in [0.29, 0.717) is 46.9 Å². The second-order valence-corrected chi connectivity index (χ2v) is 8.60. The van der Waals surface area contributed by atoms with Crippen LogP contribution < -0.4 is 20.5 Å². The number of nitrogens with one attached hydrogen (secondary N) is 1. The number of benzene rings is 2. The predicted octanol–water partition coefficient (Wildman–Crippen LogP) is 3.19. The number of carbonyl (C=O) groups is 2. The number of ether oxygens (including phenoxy) is 2. The Balaban J connectivity index is 1.46. The lowest BCUT2D eigenvalue weighted by molar-refractivity contribution is -0.115. The van der Waals surface area contributed by atoms with Crippen molar-refractivity contribution in [2.24, 2.45) is 5.73 Å². The van der Waals surface area contributed by atoms with Gasteiger partial charge in [0.2, 0.25) is 11.8 Å². The van der Waals surface area contributed by atoms with Gasteiger partial charge in [-0.2, -0.15) is 0 Å². The third kappa shape index (κ3) is 5.01. The van der Waals surface area contributed by atoms with Crippen LogP contribution in [0.15, 0.2) is 66.3 Å². The van der Waals surface area contributed by atoms with Gasteiger partial charge in [-0.15, -0.1) is 16.8 Å². The Hall–Kier alpha value is -3.79. The van der Waals surface area contributed by atoms with Gasteiger partial charge in [0.05, 0.1) is 5.25 Å². The summed E-state index contributed by atoms with van der Waals surface area (Å²) in [6.45, 7) is 6.35. The number of allylic oxidation sites excluding steroid dienone is 1. The smallest absolute Gasteiger partial charge is 0.248 e. The van der Waals surface area contributed by atoms with Crippen molar-refractivity contribution in [2.45, 2.75) is 30.0 Å². The number of hydrogen-bond donors (Lipinski definition) is 2. The van der Waals surface area contributed by atoms with Crippen LogP contribution in [0.4, 0.5) is 5.69 Å². The van der Waals surface area contributed by atoms with E-state index in [-0.39, 0.29) is 5.91 Å². The maximum atomic E-state index is 12.7. The summed E-state index contributed by atoms with van der Waals surface area (Å²) in [6, 6.07) is 13.8. The molecule has 3 N–H and O–H groups in total. The number of thioether (sulfide) groups is 1. The molecule has 0 radical (unpaired) electrons. The Morgan fingerprint density at radius 2 is 1.97 bits per heavy atom. The SMILES string of the molecule is C=CCn1c(SC(C)C(=O)Nc2ccc(C(N)=O)cc2)nnc1C1COc2ccccc2O1. The zero-order chi connectivity index (χ0) is 23.4. The summed E-state index contributed by atoms with van der Waals surface area (Å²) in [5.74, 6) is 1.19. The van der Waals surface area contributed by atoms with E-state index in [2.05, 4.69) is 22.1 Å². The molecule has 1 aliphatic rings. The van der Waals surface area contributed by atoms with Crippen LogP contribution in [0, 0.1) is 0 Å². The zero-order valence-electron chi connectivity index (χ0n) is 17.9. The van der Waals surface area contributed by atoms with Gasteiger partial charge >= 0.3 is 0 Å². The van der Waals surface area contributed by atoms with Crippen molar-refractivity contribution in [3.05, 3.63) is 72.6 Å². The molecule has 33 heavy (non-hydrogen) atoms. The Morgan fingerprint density at radius 3 is 2.67 bits per heavy atom. The largest absolute Gasteiger partial charge is 0.485 e. The number of amides is 2. The summed E-state index contributed by atoms with van der Waals surface area (Å²) in [6.07, 6.45) is 1.30. The number of rotatable bonds is 8. The third-order valence-electron chi connectivity index (χ3n) is 4.94. The van der Waals surface area contributed by atoms with E-state index in [1.807, 2.05) is 28.8 Å². The second kappa shape index (κ2) is 9.78. The van der Waals surface area contributed by atoms with Gasteiger partial charge in [0.15, 0.2) is 28.6 Å². The minimum Gasteiger partial charge on any atom is -0.485 e. The number of fused-ring (bicyclic) bond motifs is 1. The molecule has 3 aromatic rings. The van der Waals surface area contributed by atoms with Crippen molar-refractivity contribution in [1.29, 1.82) is 0 Å². The summed E-state index contributed by atoms with van der Waals surface area (Å²) >= 11 is 1.28. The van der Waals surface area contributed by atoms with Gasteiger partial charge in [0.1, 0.15) is 6.61 Å². The number of carbonyl (C=O) groups excluding carboxylic acids is 2. The molecule has 0 spiro atoms. The quantitative estimate of drug-likeness (QED) is 0.387. The van der Waals surface area contributed by atoms with Crippen LogP contribution in [-0.2, 0) is 11.3 Å². The third-order valence-corrected chi connectivity index (χ3v) is 6.02. The van der Waals surface area contributed by atoms with Gasteiger partial charge in [-0.1, -0.05) is 30.0 Å². The molecule has 2 amide bonds. The summed E-state index contributed by atoms with van der Waals surface area (Å²) in [7, 11) is 0. The molecule has 0 saturated heterocycles. The molecule has 1 aliphatic heterocycles. The molecule has 9 nitrogen and oxygen atoms in total. The van der Waals surface area contributed by atoms with E-state index in [4.69, 9.17) is 15.2 Å². The fraction of sp³-hybridized carbons (Fsp3) is 0.217. The number of nitrogens with zero attached hydrogens (tertiary/aromatic N) is 3. The average molecular weight is 466 g/mol. The standard InChI is InChI=1S/C23H23N5O4S/c1-3-12-28-21(19-13-31-17-6-4-5-7-18(17)32-19)26-27-23(28)33-14(2)22(30)25-16-10-8-15(9-11-16)20(24)29/h3-11,14,19H,1,12-13H2,2H3,(H2,24,29)(H,25,30). The van der Waals surface area contributed by atoms with Crippen molar-refractivity contribution in [2.75, 3.05) is 11.9 Å². The van der Waals surface area contributed by atoms with Crippen LogP contribution in [0.5, 0.6) is 11.5 Å². The molecule has 2 atom stereocenters. The molecule has 0 fully saturated rings. The van der Waals surface area contributed by atoms with Gasteiger partial charge < -0.3 is 20.5 Å². The molecule has 2 aromatic carbocycles. The fourth-order valence-corrected chi connectivity index (χ4v) is 4.11. The molecular formula is C23H23N5O4S. The highest BCUT2D eigenvalue weighted by Gasteiger charge is 2.29. The van der Waals surface area contributed by atoms with Crippen molar-refractivity contribution in [3.8, 4) is 11.5 Å². The number of anilines is 1. The maximum absolute atomic E-state index is 12.7. The highest BCUT2D eigenvalue weighted by atomic mass is 32.2. The topological polar surface area (TPSA) is 121 Å². The van der Waals surface area contributed by atoms with Gasteiger partial charge in [-0.25, -0.2) is 0 Å². The Kier molecular flexibility index (Phi) is 6.64. The first-order valence-corrected chi connectivity index (χ1v) is 11.1. The molecule has 2 unspecified atom stereocenters. The lowest BCUT2D eigenvalue weighted by Gasteiger charge is -2.26. The monoisotopic (exact) mass is 465 g/mol. The molecule has 0 saturated carbocycles. The first-order valence-electron chi connectivity index (χ1n) is 10.3. The van der Waals surface area contributed by atoms with Crippen molar-refractivity contribution < 1.29 is 19.1 Å². The Bertz CT molecular complexity index is 1180. The number of hydrogen-bond acceptors (Lipinski definition) is 7. The molecule has 0 bridgehead atoms. The van der Waals surface area contributed by atoms with Crippen LogP contribution >= 0.6 is 11.8 Å². The van der Waals surface area contributed by atoms with E-state index < -0.39 is 17.3 Å². The summed E-state index contributed by atoms with van der Waals surface area (Å²) in [5.41, 5.74) is 6.19. The fourth-order valence-electron chi connectivity index (χ4n) is 3.25. The number of aromatic nitrogens is 3. The number of nitrogens with two attached hydrogens (primary N) is 1. The normalized spacial score (nSPS) is 15.5. The summed E-state index contributed by atoms with van der Waals surface area (Å²) in [5, 5.41) is 11.5. The van der Waals surface area contributed by atoms with Gasteiger partial charge in [0, 0.05) is 17.8 Å². The number of primary amides is 1. The van der Waals surface area contributed by atoms with Crippen LogP contribution in [0.1, 0.15) is 29.2 Å². The van der Waals surface area contributed by atoms with Crippen LogP contribution in [0.3, 0.4) is 0 Å². The molecule has 1 aromatic heterocycles. The molecule has 4 rings (SSSR count). The summed E-state index contributed by atoms with van der Waals surface area (Å²) in [4.78, 5) is 23.9. The number of para-hydroxylation sites is 2. The highest BCUT2D eigenvalue weighted by molar-refractivity contribution is 8.00. The lowest BCUT2D eigenvalue weighted by Crippen LogP contribution is -2.25. The van der Waals surface area contributed by atoms with Gasteiger partial charge in [-0.3, -0.25) is 14.2 Å². The molecular weight excluding hydrogens is 442 g/mol. The lowest BCUT2D eigenvalue weighted by atomic mass is 10.2. The van der Waals surface area contributed by atoms with E-state index >= 15 is 0 Å². The molecule has 10 heteroatoms. The van der Waals surface area contributed by atoms with Crippen LogP contribution in [0.2, 0.25) is 0 Å². The maximum Gasteiger partial charge on any atom is 0.248 e. The van der Waals surface area contributed by atoms with Crippen molar-refractivity contribution in [1.82, 2.24) is 14.8 Å². The van der Waals surface area contributed by atoms with Gasteiger partial charge in [0.25, 0.3) is 0 Å². The second-order valence-electron chi connectivity index (χ2n) is 7.30. The Morgan fingerprint density at radius 1 is 1.24 bits per heavy atom. The minimum atomic E-state index is -0.523. The van der Waals surface area contributed by atoms with Crippen LogP contribution in [-0.4, -0.2) is 38.4 Å². The first-order chi connectivity index (χ1) is 16.0. The molecule has 0 aliphatic carbocycles. The molecule has 2 heterocycles. The van der Waals surface area contributed by atoms with Crippen LogP contribution in [0.25, 0.3) is 0 Å².